The van der Waals surface area contributed by atoms with Gasteiger partial charge in [0.25, 0.3) is 0 Å². The summed E-state index contributed by atoms with van der Waals surface area (Å²) in [6.07, 6.45) is 1.13. The van der Waals surface area contributed by atoms with Crippen LogP contribution in [0.3, 0.4) is 0 Å². The lowest BCUT2D eigenvalue weighted by Gasteiger charge is -2.15. The molecule has 1 aliphatic rings. The Balaban J connectivity index is 2.11. The summed E-state index contributed by atoms with van der Waals surface area (Å²) in [7, 11) is 0. The molecule has 1 saturated heterocycles. The lowest BCUT2D eigenvalue weighted by Crippen LogP contribution is -2.41. The topological polar surface area (TPSA) is 47.3 Å². The highest BCUT2D eigenvalue weighted by molar-refractivity contribution is 4.74. The van der Waals surface area contributed by atoms with Crippen molar-refractivity contribution in [3.63, 3.8) is 0 Å². The molecule has 1 heterocycles. The first kappa shape index (κ1) is 7.98. The van der Waals surface area contributed by atoms with E-state index in [4.69, 9.17) is 10.5 Å². The van der Waals surface area contributed by atoms with Crippen LogP contribution in [0.25, 0.3) is 0 Å². The average molecular weight is 144 g/mol. The zero-order valence-electron chi connectivity index (χ0n) is 6.47. The van der Waals surface area contributed by atoms with Crippen LogP contribution in [0.15, 0.2) is 0 Å². The molecule has 0 radical (unpaired) electrons. The fourth-order valence-corrected chi connectivity index (χ4v) is 1.14. The molecular weight excluding hydrogens is 128 g/mol. The quantitative estimate of drug-likeness (QED) is 0.572. The molecule has 0 aromatic carbocycles. The molecule has 2 unspecified atom stereocenters. The summed E-state index contributed by atoms with van der Waals surface area (Å²) in [5, 5.41) is 3.38. The molecule has 10 heavy (non-hydrogen) atoms. The van der Waals surface area contributed by atoms with Crippen molar-refractivity contribution in [1.29, 1.82) is 0 Å². The lowest BCUT2D eigenvalue weighted by molar-refractivity contribution is 0.188. The van der Waals surface area contributed by atoms with Crippen LogP contribution in [0.5, 0.6) is 0 Å². The highest BCUT2D eigenvalue weighted by atomic mass is 16.5. The van der Waals surface area contributed by atoms with Crippen molar-refractivity contribution in [1.82, 2.24) is 5.32 Å². The van der Waals surface area contributed by atoms with Crippen LogP contribution in [-0.4, -0.2) is 31.8 Å². The Hall–Kier alpha value is -0.120. The summed E-state index contributed by atoms with van der Waals surface area (Å²) in [6, 6.07) is 0.963. The van der Waals surface area contributed by atoms with E-state index < -0.39 is 0 Å². The van der Waals surface area contributed by atoms with Gasteiger partial charge in [-0.05, 0) is 13.3 Å². The standard InChI is InChI=1S/C7H16N2O/c1-6(4-8)9-7-2-3-10-5-7/h6-7,9H,2-5,8H2,1H3. The third kappa shape index (κ3) is 2.25. The summed E-state index contributed by atoms with van der Waals surface area (Å²) < 4.78 is 5.20. The molecule has 0 aromatic heterocycles. The molecule has 1 fully saturated rings. The van der Waals surface area contributed by atoms with Gasteiger partial charge in [-0.2, -0.15) is 0 Å². The highest BCUT2D eigenvalue weighted by Gasteiger charge is 2.16. The normalized spacial score (nSPS) is 28.8. The first-order chi connectivity index (χ1) is 4.83. The van der Waals surface area contributed by atoms with Crippen LogP contribution in [0.4, 0.5) is 0 Å². The lowest BCUT2D eigenvalue weighted by atomic mass is 10.2. The van der Waals surface area contributed by atoms with Gasteiger partial charge in [-0.1, -0.05) is 0 Å². The minimum atomic E-state index is 0.423. The monoisotopic (exact) mass is 144 g/mol. The van der Waals surface area contributed by atoms with Gasteiger partial charge >= 0.3 is 0 Å². The van der Waals surface area contributed by atoms with Crippen molar-refractivity contribution in [2.24, 2.45) is 5.73 Å². The molecule has 60 valence electrons. The molecule has 0 spiro atoms. The minimum Gasteiger partial charge on any atom is -0.380 e. The van der Waals surface area contributed by atoms with Gasteiger partial charge < -0.3 is 15.8 Å². The molecule has 2 atom stereocenters. The van der Waals surface area contributed by atoms with Crippen molar-refractivity contribution in [3.05, 3.63) is 0 Å². The molecular formula is C7H16N2O. The first-order valence-corrected chi connectivity index (χ1v) is 3.87. The second kappa shape index (κ2) is 3.91. The van der Waals surface area contributed by atoms with Crippen molar-refractivity contribution >= 4 is 0 Å². The van der Waals surface area contributed by atoms with Gasteiger partial charge in [-0.3, -0.25) is 0 Å². The Morgan fingerprint density at radius 1 is 1.80 bits per heavy atom. The second-order valence-electron chi connectivity index (χ2n) is 2.86. The van der Waals surface area contributed by atoms with Crippen molar-refractivity contribution in [3.8, 4) is 0 Å². The van der Waals surface area contributed by atoms with E-state index in [1.807, 2.05) is 0 Å². The van der Waals surface area contributed by atoms with Crippen molar-refractivity contribution < 1.29 is 4.74 Å². The SMILES string of the molecule is CC(CN)NC1CCOC1. The number of hydrogen-bond donors (Lipinski definition) is 2. The highest BCUT2D eigenvalue weighted by Crippen LogP contribution is 2.03. The number of rotatable bonds is 3. The molecule has 0 saturated carbocycles. The Morgan fingerprint density at radius 3 is 3.10 bits per heavy atom. The van der Waals surface area contributed by atoms with Gasteiger partial charge in [0, 0.05) is 25.2 Å². The molecule has 1 rings (SSSR count). The Bertz CT molecular complexity index is 91.6. The van der Waals surface area contributed by atoms with E-state index in [9.17, 15) is 0 Å². The van der Waals surface area contributed by atoms with E-state index >= 15 is 0 Å². The zero-order valence-corrected chi connectivity index (χ0v) is 6.47. The molecule has 1 aliphatic heterocycles. The van der Waals surface area contributed by atoms with E-state index in [1.54, 1.807) is 0 Å². The third-order valence-electron chi connectivity index (χ3n) is 1.80. The minimum absolute atomic E-state index is 0.423. The maximum absolute atomic E-state index is 5.45. The van der Waals surface area contributed by atoms with E-state index in [1.165, 1.54) is 0 Å². The molecule has 0 amide bonds. The summed E-state index contributed by atoms with van der Waals surface area (Å²) in [6.45, 7) is 4.55. The zero-order chi connectivity index (χ0) is 7.40. The fourth-order valence-electron chi connectivity index (χ4n) is 1.14. The number of nitrogens with two attached hydrogens (primary N) is 1. The molecule has 0 aromatic rings. The summed E-state index contributed by atoms with van der Waals surface area (Å²) in [5.74, 6) is 0. The predicted octanol–water partition coefficient (Wildman–Crippen LogP) is -0.288. The van der Waals surface area contributed by atoms with Crippen molar-refractivity contribution in [2.75, 3.05) is 19.8 Å². The van der Waals surface area contributed by atoms with Gasteiger partial charge in [0.05, 0.1) is 6.61 Å². The molecule has 0 aliphatic carbocycles. The number of nitrogens with one attached hydrogen (secondary N) is 1. The first-order valence-electron chi connectivity index (χ1n) is 3.87. The molecule has 3 heteroatoms. The largest absolute Gasteiger partial charge is 0.380 e. The van der Waals surface area contributed by atoms with Gasteiger partial charge in [-0.25, -0.2) is 0 Å². The number of ether oxygens (including phenoxy) is 1. The van der Waals surface area contributed by atoms with E-state index in [-0.39, 0.29) is 0 Å². The molecule has 3 nitrogen and oxygen atoms in total. The van der Waals surface area contributed by atoms with E-state index in [2.05, 4.69) is 12.2 Å². The second-order valence-corrected chi connectivity index (χ2v) is 2.86. The number of hydrogen-bond acceptors (Lipinski definition) is 3. The summed E-state index contributed by atoms with van der Waals surface area (Å²) in [5.41, 5.74) is 5.45. The fraction of sp³-hybridized carbons (Fsp3) is 1.00. The Morgan fingerprint density at radius 2 is 2.60 bits per heavy atom. The predicted molar refractivity (Wildman–Crippen MR) is 40.9 cm³/mol. The summed E-state index contributed by atoms with van der Waals surface area (Å²) in [4.78, 5) is 0. The van der Waals surface area contributed by atoms with Gasteiger partial charge in [0.1, 0.15) is 0 Å². The Kier molecular flexibility index (Phi) is 3.12. The molecule has 0 bridgehead atoms. The van der Waals surface area contributed by atoms with Crippen LogP contribution in [-0.2, 0) is 4.74 Å². The van der Waals surface area contributed by atoms with Crippen molar-refractivity contribution in [2.45, 2.75) is 25.4 Å². The van der Waals surface area contributed by atoms with Crippen LogP contribution in [0.1, 0.15) is 13.3 Å². The van der Waals surface area contributed by atoms with Crippen LogP contribution in [0, 0.1) is 0 Å². The van der Waals surface area contributed by atoms with Gasteiger partial charge in [0.2, 0.25) is 0 Å². The van der Waals surface area contributed by atoms with Gasteiger partial charge in [-0.15, -0.1) is 0 Å². The van der Waals surface area contributed by atoms with E-state index in [0.29, 0.717) is 18.6 Å². The van der Waals surface area contributed by atoms with Crippen LogP contribution >= 0.6 is 0 Å². The molecule has 3 N–H and O–H groups in total. The smallest absolute Gasteiger partial charge is 0.0620 e. The van der Waals surface area contributed by atoms with E-state index in [0.717, 1.165) is 19.6 Å². The van der Waals surface area contributed by atoms with Crippen LogP contribution < -0.4 is 11.1 Å². The average Bonchev–Trinajstić information content (AvgIpc) is 2.40. The van der Waals surface area contributed by atoms with Crippen LogP contribution in [0.2, 0.25) is 0 Å². The summed E-state index contributed by atoms with van der Waals surface area (Å²) >= 11 is 0. The maximum Gasteiger partial charge on any atom is 0.0620 e. The Labute approximate surface area is 61.9 Å². The maximum atomic E-state index is 5.45. The third-order valence-corrected chi connectivity index (χ3v) is 1.80. The van der Waals surface area contributed by atoms with Gasteiger partial charge in [0.15, 0.2) is 0 Å².